The van der Waals surface area contributed by atoms with Gasteiger partial charge in [-0.3, -0.25) is 0 Å². The molecule has 0 N–H and O–H groups in total. The lowest BCUT2D eigenvalue weighted by atomic mass is 9.98. The van der Waals surface area contributed by atoms with E-state index in [1.165, 1.54) is 11.1 Å². The Hall–Kier alpha value is -1.12. The van der Waals surface area contributed by atoms with Crippen molar-refractivity contribution in [3.05, 3.63) is 42.0 Å². The molecule has 1 aromatic carbocycles. The summed E-state index contributed by atoms with van der Waals surface area (Å²) in [6, 6.07) is 8.43. The van der Waals surface area contributed by atoms with Crippen molar-refractivity contribution in [2.45, 2.75) is 52.6 Å². The van der Waals surface area contributed by atoms with Crippen molar-refractivity contribution >= 4 is 5.57 Å². The monoisotopic (exact) mass is 262 g/mol. The molecule has 0 heterocycles. The largest absolute Gasteiger partial charge is 0.236 e. The van der Waals surface area contributed by atoms with Crippen molar-refractivity contribution in [1.82, 2.24) is 0 Å². The van der Waals surface area contributed by atoms with E-state index in [9.17, 15) is 0 Å². The van der Waals surface area contributed by atoms with Crippen molar-refractivity contribution < 1.29 is 9.78 Å². The molecule has 0 saturated carbocycles. The minimum atomic E-state index is -0.223. The normalized spacial score (nSPS) is 13.3. The first-order valence-corrected chi connectivity index (χ1v) is 6.92. The predicted octanol–water partition coefficient (Wildman–Crippen LogP) is 4.96. The fourth-order valence-corrected chi connectivity index (χ4v) is 1.56. The maximum Gasteiger partial charge on any atom is 0.0977 e. The minimum absolute atomic E-state index is 0.223. The van der Waals surface area contributed by atoms with E-state index in [2.05, 4.69) is 44.7 Å². The standard InChI is InChI=1S/C17H26O2/c1-7-17(5,6)19-18-12-14(4)16-10-8-9-15(11-16)13(2)3/h8-11,14H,2,7,12H2,1,3-6H3. The van der Waals surface area contributed by atoms with E-state index in [1.807, 2.05) is 20.8 Å². The first-order chi connectivity index (χ1) is 8.85. The lowest BCUT2D eigenvalue weighted by Gasteiger charge is -2.22. The Balaban J connectivity index is 2.56. The van der Waals surface area contributed by atoms with Crippen molar-refractivity contribution in [3.8, 4) is 0 Å². The molecule has 0 radical (unpaired) electrons. The third-order valence-electron chi connectivity index (χ3n) is 3.40. The predicted molar refractivity (Wildman–Crippen MR) is 81.0 cm³/mol. The zero-order valence-corrected chi connectivity index (χ0v) is 12.8. The molecule has 2 nitrogen and oxygen atoms in total. The summed E-state index contributed by atoms with van der Waals surface area (Å²) in [5.74, 6) is 0.298. The second-order valence-electron chi connectivity index (χ2n) is 5.79. The van der Waals surface area contributed by atoms with E-state index in [1.54, 1.807) is 0 Å². The Morgan fingerprint density at radius 1 is 1.37 bits per heavy atom. The molecular formula is C17H26O2. The van der Waals surface area contributed by atoms with E-state index >= 15 is 0 Å². The van der Waals surface area contributed by atoms with Crippen LogP contribution in [0.25, 0.3) is 5.57 Å². The molecular weight excluding hydrogens is 236 g/mol. The summed E-state index contributed by atoms with van der Waals surface area (Å²) in [7, 11) is 0. The molecule has 19 heavy (non-hydrogen) atoms. The third-order valence-corrected chi connectivity index (χ3v) is 3.40. The van der Waals surface area contributed by atoms with Crippen LogP contribution in [0.1, 0.15) is 58.1 Å². The van der Waals surface area contributed by atoms with Gasteiger partial charge in [0.2, 0.25) is 0 Å². The van der Waals surface area contributed by atoms with Gasteiger partial charge >= 0.3 is 0 Å². The zero-order chi connectivity index (χ0) is 14.5. The Labute approximate surface area is 117 Å². The summed E-state index contributed by atoms with van der Waals surface area (Å²) in [6.45, 7) is 14.8. The quantitative estimate of drug-likeness (QED) is 0.511. The summed E-state index contributed by atoms with van der Waals surface area (Å²) < 4.78 is 0. The summed E-state index contributed by atoms with van der Waals surface area (Å²) in [5.41, 5.74) is 3.29. The van der Waals surface area contributed by atoms with Crippen LogP contribution in [0.2, 0.25) is 0 Å². The van der Waals surface area contributed by atoms with Crippen LogP contribution >= 0.6 is 0 Å². The van der Waals surface area contributed by atoms with Gasteiger partial charge in [0.1, 0.15) is 0 Å². The molecule has 0 fully saturated rings. The van der Waals surface area contributed by atoms with Crippen LogP contribution in [0.4, 0.5) is 0 Å². The minimum Gasteiger partial charge on any atom is -0.236 e. The number of hydrogen-bond acceptors (Lipinski definition) is 2. The molecule has 0 amide bonds. The fourth-order valence-electron chi connectivity index (χ4n) is 1.56. The van der Waals surface area contributed by atoms with Gasteiger partial charge in [-0.15, -0.1) is 0 Å². The summed E-state index contributed by atoms with van der Waals surface area (Å²) >= 11 is 0. The molecule has 1 rings (SSSR count). The van der Waals surface area contributed by atoms with E-state index < -0.39 is 0 Å². The topological polar surface area (TPSA) is 18.5 Å². The molecule has 0 saturated heterocycles. The lowest BCUT2D eigenvalue weighted by molar-refractivity contribution is -0.355. The van der Waals surface area contributed by atoms with Crippen molar-refractivity contribution in [1.29, 1.82) is 0 Å². The maximum atomic E-state index is 5.43. The van der Waals surface area contributed by atoms with Crippen LogP contribution in [0.15, 0.2) is 30.8 Å². The van der Waals surface area contributed by atoms with Gasteiger partial charge in [0.15, 0.2) is 0 Å². The fraction of sp³-hybridized carbons (Fsp3) is 0.529. The number of rotatable bonds is 7. The lowest BCUT2D eigenvalue weighted by Crippen LogP contribution is -2.24. The van der Waals surface area contributed by atoms with Crippen molar-refractivity contribution in [2.24, 2.45) is 0 Å². The maximum absolute atomic E-state index is 5.43. The van der Waals surface area contributed by atoms with E-state index in [-0.39, 0.29) is 5.60 Å². The van der Waals surface area contributed by atoms with E-state index in [0.717, 1.165) is 12.0 Å². The molecule has 0 spiro atoms. The summed E-state index contributed by atoms with van der Waals surface area (Å²) in [6.07, 6.45) is 0.923. The van der Waals surface area contributed by atoms with E-state index in [4.69, 9.17) is 9.78 Å². The van der Waals surface area contributed by atoms with Crippen LogP contribution in [0, 0.1) is 0 Å². The molecule has 2 heteroatoms. The summed E-state index contributed by atoms with van der Waals surface area (Å²) in [5, 5.41) is 0. The number of hydrogen-bond donors (Lipinski definition) is 0. The van der Waals surface area contributed by atoms with Gasteiger partial charge in [0.05, 0.1) is 12.2 Å². The van der Waals surface area contributed by atoms with Crippen LogP contribution in [0.5, 0.6) is 0 Å². The highest BCUT2D eigenvalue weighted by molar-refractivity contribution is 5.61. The van der Waals surface area contributed by atoms with Crippen LogP contribution in [-0.2, 0) is 9.78 Å². The number of allylic oxidation sites excluding steroid dienone is 1. The molecule has 0 aliphatic rings. The van der Waals surface area contributed by atoms with Crippen LogP contribution in [-0.4, -0.2) is 12.2 Å². The average molecular weight is 262 g/mol. The SMILES string of the molecule is C=C(C)c1cccc(C(C)COOC(C)(C)CC)c1. The van der Waals surface area contributed by atoms with Gasteiger partial charge in [-0.25, -0.2) is 9.78 Å². The van der Waals surface area contributed by atoms with Gasteiger partial charge in [-0.2, -0.15) is 0 Å². The Kier molecular flexibility index (Phi) is 5.77. The Bertz CT molecular complexity index is 421. The molecule has 0 aliphatic heterocycles. The highest BCUT2D eigenvalue weighted by Crippen LogP contribution is 2.21. The van der Waals surface area contributed by atoms with Gasteiger partial charge < -0.3 is 0 Å². The van der Waals surface area contributed by atoms with Gasteiger partial charge in [-0.05, 0) is 38.3 Å². The zero-order valence-electron chi connectivity index (χ0n) is 12.8. The second kappa shape index (κ2) is 6.88. The second-order valence-corrected chi connectivity index (χ2v) is 5.79. The number of benzene rings is 1. The van der Waals surface area contributed by atoms with Crippen LogP contribution < -0.4 is 0 Å². The molecule has 0 bridgehead atoms. The third kappa shape index (κ3) is 5.17. The van der Waals surface area contributed by atoms with Crippen molar-refractivity contribution in [2.75, 3.05) is 6.61 Å². The highest BCUT2D eigenvalue weighted by atomic mass is 17.2. The smallest absolute Gasteiger partial charge is 0.0977 e. The van der Waals surface area contributed by atoms with E-state index in [0.29, 0.717) is 12.5 Å². The molecule has 106 valence electrons. The molecule has 1 aromatic rings. The van der Waals surface area contributed by atoms with Gasteiger partial charge in [0, 0.05) is 5.92 Å². The van der Waals surface area contributed by atoms with Gasteiger partial charge in [0.25, 0.3) is 0 Å². The first-order valence-electron chi connectivity index (χ1n) is 6.92. The molecule has 1 unspecified atom stereocenters. The first kappa shape index (κ1) is 15.9. The summed E-state index contributed by atoms with van der Waals surface area (Å²) in [4.78, 5) is 10.8. The van der Waals surface area contributed by atoms with Gasteiger partial charge in [-0.1, -0.05) is 50.3 Å². The van der Waals surface area contributed by atoms with Crippen LogP contribution in [0.3, 0.4) is 0 Å². The molecule has 1 atom stereocenters. The molecule has 0 aliphatic carbocycles. The Morgan fingerprint density at radius 3 is 2.63 bits per heavy atom. The highest BCUT2D eigenvalue weighted by Gasteiger charge is 2.17. The average Bonchev–Trinajstić information content (AvgIpc) is 2.38. The molecule has 0 aromatic heterocycles. The van der Waals surface area contributed by atoms with Crippen molar-refractivity contribution in [3.63, 3.8) is 0 Å². The Morgan fingerprint density at radius 2 is 2.05 bits per heavy atom.